The third-order valence-electron chi connectivity index (χ3n) is 5.51. The molecule has 0 N–H and O–H groups in total. The lowest BCUT2D eigenvalue weighted by atomic mass is 9.96. The zero-order valence-corrected chi connectivity index (χ0v) is 17.3. The Balaban J connectivity index is 1.47. The molecule has 0 radical (unpaired) electrons. The zero-order valence-electron chi connectivity index (χ0n) is 17.3. The molecular formula is C24H24F2N4O. The lowest BCUT2D eigenvalue weighted by Gasteiger charge is -2.39. The Hall–Kier alpha value is -3.32. The Morgan fingerprint density at radius 3 is 1.97 bits per heavy atom. The fourth-order valence-electron chi connectivity index (χ4n) is 3.90. The summed E-state index contributed by atoms with van der Waals surface area (Å²) >= 11 is 0. The van der Waals surface area contributed by atoms with Crippen LogP contribution in [0.25, 0.3) is 6.08 Å². The summed E-state index contributed by atoms with van der Waals surface area (Å²) < 4.78 is 28.6. The van der Waals surface area contributed by atoms with Gasteiger partial charge >= 0.3 is 0 Å². The lowest BCUT2D eigenvalue weighted by molar-refractivity contribution is -0.127. The van der Waals surface area contributed by atoms with Crippen LogP contribution in [0.15, 0.2) is 67.0 Å². The van der Waals surface area contributed by atoms with Gasteiger partial charge in [-0.2, -0.15) is 5.10 Å². The zero-order chi connectivity index (χ0) is 21.8. The minimum atomic E-state index is -0.294. The molecule has 2 aromatic carbocycles. The van der Waals surface area contributed by atoms with E-state index in [9.17, 15) is 13.6 Å². The highest BCUT2D eigenvalue weighted by molar-refractivity contribution is 5.91. The van der Waals surface area contributed by atoms with Crippen LogP contribution in [0.3, 0.4) is 0 Å². The highest BCUT2D eigenvalue weighted by Gasteiger charge is 2.27. The first-order chi connectivity index (χ1) is 15.0. The first-order valence-corrected chi connectivity index (χ1v) is 10.2. The van der Waals surface area contributed by atoms with Gasteiger partial charge < -0.3 is 4.90 Å². The highest BCUT2D eigenvalue weighted by Crippen LogP contribution is 2.30. The molecule has 160 valence electrons. The molecule has 31 heavy (non-hydrogen) atoms. The molecule has 0 spiro atoms. The van der Waals surface area contributed by atoms with Crippen molar-refractivity contribution in [1.82, 2.24) is 19.6 Å². The maximum Gasteiger partial charge on any atom is 0.246 e. The molecule has 0 aliphatic carbocycles. The summed E-state index contributed by atoms with van der Waals surface area (Å²) in [5.74, 6) is -0.626. The average Bonchev–Trinajstić information content (AvgIpc) is 3.20. The van der Waals surface area contributed by atoms with Gasteiger partial charge in [0, 0.05) is 51.1 Å². The van der Waals surface area contributed by atoms with E-state index >= 15 is 0 Å². The van der Waals surface area contributed by atoms with E-state index in [4.69, 9.17) is 0 Å². The van der Waals surface area contributed by atoms with Crippen LogP contribution in [0.1, 0.15) is 22.7 Å². The smallest absolute Gasteiger partial charge is 0.246 e. The van der Waals surface area contributed by atoms with Gasteiger partial charge in [-0.25, -0.2) is 8.78 Å². The van der Waals surface area contributed by atoms with Gasteiger partial charge in [0.15, 0.2) is 0 Å². The third kappa shape index (κ3) is 5.06. The number of carbonyl (C=O) groups is 1. The normalized spacial score (nSPS) is 15.2. The molecule has 1 aliphatic rings. The van der Waals surface area contributed by atoms with Crippen LogP contribution in [0.2, 0.25) is 0 Å². The van der Waals surface area contributed by atoms with Crippen LogP contribution < -0.4 is 0 Å². The van der Waals surface area contributed by atoms with Crippen molar-refractivity contribution in [1.29, 1.82) is 0 Å². The van der Waals surface area contributed by atoms with Gasteiger partial charge in [0.25, 0.3) is 0 Å². The second kappa shape index (κ2) is 9.22. The highest BCUT2D eigenvalue weighted by atomic mass is 19.1. The summed E-state index contributed by atoms with van der Waals surface area (Å²) in [5, 5.41) is 4.09. The van der Waals surface area contributed by atoms with E-state index in [-0.39, 0.29) is 23.6 Å². The summed E-state index contributed by atoms with van der Waals surface area (Å²) in [6.45, 7) is 2.47. The Bertz CT molecular complexity index is 1010. The molecule has 0 atom stereocenters. The number of piperazine rings is 1. The van der Waals surface area contributed by atoms with E-state index in [1.807, 2.05) is 18.1 Å². The summed E-state index contributed by atoms with van der Waals surface area (Å²) in [7, 11) is 1.83. The number of hydrogen-bond donors (Lipinski definition) is 0. The van der Waals surface area contributed by atoms with Gasteiger partial charge in [0.2, 0.25) is 5.91 Å². The van der Waals surface area contributed by atoms with Gasteiger partial charge in [0.1, 0.15) is 11.6 Å². The third-order valence-corrected chi connectivity index (χ3v) is 5.51. The van der Waals surface area contributed by atoms with Crippen molar-refractivity contribution >= 4 is 12.0 Å². The molecule has 0 saturated carbocycles. The number of amides is 1. The SMILES string of the molecule is Cn1cc(/C=C/C(=O)N2CCN(C(c3ccc(F)cc3)c3ccc(F)cc3)CC2)cn1. The van der Waals surface area contributed by atoms with Crippen molar-refractivity contribution in [2.24, 2.45) is 7.05 Å². The number of aryl methyl sites for hydroxylation is 1. The Kier molecular flexibility index (Phi) is 6.23. The van der Waals surface area contributed by atoms with Gasteiger partial charge in [-0.05, 0) is 41.5 Å². The monoisotopic (exact) mass is 422 g/mol. The number of halogens is 2. The molecule has 7 heteroatoms. The largest absolute Gasteiger partial charge is 0.337 e. The summed E-state index contributed by atoms with van der Waals surface area (Å²) in [4.78, 5) is 16.6. The first kappa shape index (κ1) is 20.9. The molecule has 2 heterocycles. The molecule has 0 bridgehead atoms. The van der Waals surface area contributed by atoms with E-state index in [0.29, 0.717) is 26.2 Å². The maximum absolute atomic E-state index is 13.5. The van der Waals surface area contributed by atoms with Crippen LogP contribution in [0.4, 0.5) is 8.78 Å². The van der Waals surface area contributed by atoms with Crippen LogP contribution in [0.5, 0.6) is 0 Å². The predicted octanol–water partition coefficient (Wildman–Crippen LogP) is 3.65. The van der Waals surface area contributed by atoms with Crippen molar-refractivity contribution in [3.63, 3.8) is 0 Å². The number of carbonyl (C=O) groups excluding carboxylic acids is 1. The van der Waals surface area contributed by atoms with Crippen molar-refractivity contribution in [3.8, 4) is 0 Å². The minimum Gasteiger partial charge on any atom is -0.337 e. The average molecular weight is 422 g/mol. The van der Waals surface area contributed by atoms with Crippen LogP contribution >= 0.6 is 0 Å². The van der Waals surface area contributed by atoms with Gasteiger partial charge in [-0.1, -0.05) is 24.3 Å². The second-order valence-corrected chi connectivity index (χ2v) is 7.65. The molecule has 1 fully saturated rings. The molecule has 1 saturated heterocycles. The Morgan fingerprint density at radius 1 is 0.935 bits per heavy atom. The quantitative estimate of drug-likeness (QED) is 0.590. The summed E-state index contributed by atoms with van der Waals surface area (Å²) in [6.07, 6.45) is 6.89. The van der Waals surface area contributed by atoms with Crippen molar-refractivity contribution in [2.45, 2.75) is 6.04 Å². The van der Waals surface area contributed by atoms with Gasteiger partial charge in [-0.3, -0.25) is 14.4 Å². The van der Waals surface area contributed by atoms with E-state index in [1.165, 1.54) is 24.3 Å². The van der Waals surface area contributed by atoms with Crippen molar-refractivity contribution < 1.29 is 13.6 Å². The maximum atomic E-state index is 13.5. The number of aromatic nitrogens is 2. The van der Waals surface area contributed by atoms with Crippen molar-refractivity contribution in [3.05, 3.63) is 95.3 Å². The molecule has 5 nitrogen and oxygen atoms in total. The second-order valence-electron chi connectivity index (χ2n) is 7.65. The minimum absolute atomic E-state index is 0.0383. The molecule has 4 rings (SSSR count). The number of hydrogen-bond acceptors (Lipinski definition) is 3. The molecule has 0 unspecified atom stereocenters. The summed E-state index contributed by atoms with van der Waals surface area (Å²) in [5.41, 5.74) is 2.75. The molecule has 1 aliphatic heterocycles. The Labute approximate surface area is 180 Å². The van der Waals surface area contributed by atoms with Gasteiger partial charge in [0.05, 0.1) is 12.2 Å². The number of nitrogens with zero attached hydrogens (tertiary/aromatic N) is 4. The van der Waals surface area contributed by atoms with E-state index in [2.05, 4.69) is 10.00 Å². The topological polar surface area (TPSA) is 41.4 Å². The molecule has 3 aromatic rings. The fraction of sp³-hybridized carbons (Fsp3) is 0.250. The summed E-state index contributed by atoms with van der Waals surface area (Å²) in [6, 6.07) is 12.7. The molecule has 1 aromatic heterocycles. The van der Waals surface area contributed by atoms with Crippen LogP contribution in [0, 0.1) is 11.6 Å². The standard InChI is InChI=1S/C24H24F2N4O/c1-28-17-18(16-27-28)2-11-23(31)29-12-14-30(15-13-29)24(19-3-7-21(25)8-4-19)20-5-9-22(26)10-6-20/h2-11,16-17,24H,12-15H2,1H3/b11-2+. The lowest BCUT2D eigenvalue weighted by Crippen LogP contribution is -2.49. The molecule has 1 amide bonds. The van der Waals surface area contributed by atoms with Crippen LogP contribution in [-0.2, 0) is 11.8 Å². The van der Waals surface area contributed by atoms with Crippen LogP contribution in [-0.4, -0.2) is 51.7 Å². The molecular weight excluding hydrogens is 398 g/mol. The van der Waals surface area contributed by atoms with E-state index in [1.54, 1.807) is 47.3 Å². The van der Waals surface area contributed by atoms with Gasteiger partial charge in [-0.15, -0.1) is 0 Å². The Morgan fingerprint density at radius 2 is 1.48 bits per heavy atom. The first-order valence-electron chi connectivity index (χ1n) is 10.2. The number of rotatable bonds is 5. The van der Waals surface area contributed by atoms with E-state index in [0.717, 1.165) is 16.7 Å². The number of benzene rings is 2. The van der Waals surface area contributed by atoms with E-state index < -0.39 is 0 Å². The fourth-order valence-corrected chi connectivity index (χ4v) is 3.90. The van der Waals surface area contributed by atoms with Crippen molar-refractivity contribution in [2.75, 3.05) is 26.2 Å². The predicted molar refractivity (Wildman–Crippen MR) is 115 cm³/mol.